The van der Waals surface area contributed by atoms with E-state index in [1.807, 2.05) is 18.2 Å². The summed E-state index contributed by atoms with van der Waals surface area (Å²) < 4.78 is 24.0. The zero-order valence-corrected chi connectivity index (χ0v) is 8.40. The highest BCUT2D eigenvalue weighted by atomic mass is 19.3. The fraction of sp³-hybridized carbons (Fsp3) is 0. The van der Waals surface area contributed by atoms with E-state index in [4.69, 9.17) is 0 Å². The minimum absolute atomic E-state index is 0.486. The van der Waals surface area contributed by atoms with E-state index >= 15 is 0 Å². The number of hydrogen-bond donors (Lipinski definition) is 0. The van der Waals surface area contributed by atoms with Crippen LogP contribution in [0.5, 0.6) is 0 Å². The van der Waals surface area contributed by atoms with Gasteiger partial charge in [-0.3, -0.25) is 4.98 Å². The molecule has 0 unspecified atom stereocenters. The Morgan fingerprint density at radius 3 is 2.31 bits per heavy atom. The molecular weight excluding hydrogens is 208 g/mol. The van der Waals surface area contributed by atoms with Gasteiger partial charge in [0, 0.05) is 17.8 Å². The van der Waals surface area contributed by atoms with Crippen molar-refractivity contribution in [1.29, 1.82) is 0 Å². The van der Waals surface area contributed by atoms with Crippen LogP contribution in [0.4, 0.5) is 8.78 Å². The molecular formula is C13H9F2N. The second kappa shape index (κ2) is 4.66. The molecule has 16 heavy (non-hydrogen) atoms. The molecule has 1 nitrogen and oxygen atoms in total. The first-order valence-corrected chi connectivity index (χ1v) is 4.80. The molecule has 3 heteroatoms. The molecule has 1 aromatic carbocycles. The summed E-state index contributed by atoms with van der Waals surface area (Å²) in [5.41, 5.74) is 2.23. The highest BCUT2D eigenvalue weighted by molar-refractivity contribution is 5.62. The minimum Gasteiger partial charge on any atom is -0.256 e. The summed E-state index contributed by atoms with van der Waals surface area (Å²) in [5.74, 6) is 0. The highest BCUT2D eigenvalue weighted by Gasteiger charge is 1.98. The number of aromatic nitrogens is 1. The Hall–Kier alpha value is -2.03. The van der Waals surface area contributed by atoms with Gasteiger partial charge in [-0.15, -0.1) is 0 Å². The lowest BCUT2D eigenvalue weighted by Crippen LogP contribution is -1.81. The maximum atomic E-state index is 12.0. The Balaban J connectivity index is 2.30. The number of pyridine rings is 1. The number of benzene rings is 1. The topological polar surface area (TPSA) is 12.9 Å². The molecule has 1 aromatic heterocycles. The van der Waals surface area contributed by atoms with Crippen molar-refractivity contribution in [1.82, 2.24) is 4.98 Å². The van der Waals surface area contributed by atoms with Crippen LogP contribution in [0.3, 0.4) is 0 Å². The molecule has 1 heterocycles. The molecule has 80 valence electrons. The number of hydrogen-bond acceptors (Lipinski definition) is 1. The van der Waals surface area contributed by atoms with Gasteiger partial charge in [-0.2, -0.15) is 8.78 Å². The second-order valence-electron chi connectivity index (χ2n) is 3.27. The summed E-state index contributed by atoms with van der Waals surface area (Å²) in [6.45, 7) is 0. The zero-order chi connectivity index (χ0) is 11.4. The molecule has 2 rings (SSSR count). The van der Waals surface area contributed by atoms with Crippen LogP contribution in [0.15, 0.2) is 54.7 Å². The fourth-order valence-corrected chi connectivity index (χ4v) is 1.41. The largest absolute Gasteiger partial charge is 0.270 e. The van der Waals surface area contributed by atoms with E-state index in [-0.39, 0.29) is 0 Å². The molecule has 0 saturated carbocycles. The number of nitrogens with zero attached hydrogens (tertiary/aromatic N) is 1. The van der Waals surface area contributed by atoms with Gasteiger partial charge in [-0.25, -0.2) is 0 Å². The van der Waals surface area contributed by atoms with Crippen molar-refractivity contribution in [2.45, 2.75) is 0 Å². The van der Waals surface area contributed by atoms with Gasteiger partial charge in [0.15, 0.2) is 0 Å². The third-order valence-corrected chi connectivity index (χ3v) is 2.15. The molecule has 2 aromatic rings. The van der Waals surface area contributed by atoms with Crippen LogP contribution in [0.25, 0.3) is 17.3 Å². The van der Waals surface area contributed by atoms with E-state index in [1.54, 1.807) is 30.5 Å². The standard InChI is InChI=1S/C13H9F2N/c14-13(15)9-10-4-6-11(7-5-10)12-3-1-2-8-16-12/h1-9H. The molecule has 0 N–H and O–H groups in total. The van der Waals surface area contributed by atoms with Crippen LogP contribution in [0, 0.1) is 0 Å². The minimum atomic E-state index is -1.69. The van der Waals surface area contributed by atoms with E-state index in [0.29, 0.717) is 5.56 Å². The van der Waals surface area contributed by atoms with Gasteiger partial charge in [-0.05, 0) is 17.7 Å². The molecule has 0 aliphatic carbocycles. The molecule has 0 atom stereocenters. The average Bonchev–Trinajstić information content (AvgIpc) is 2.30. The summed E-state index contributed by atoms with van der Waals surface area (Å²) in [6, 6.07) is 12.4. The maximum absolute atomic E-state index is 12.0. The van der Waals surface area contributed by atoms with Gasteiger partial charge in [0.25, 0.3) is 6.08 Å². The Morgan fingerprint density at radius 1 is 1.00 bits per heavy atom. The summed E-state index contributed by atoms with van der Waals surface area (Å²) in [7, 11) is 0. The molecule has 0 saturated heterocycles. The second-order valence-corrected chi connectivity index (χ2v) is 3.27. The first-order chi connectivity index (χ1) is 7.75. The first-order valence-electron chi connectivity index (χ1n) is 4.80. The molecule has 0 aliphatic heterocycles. The Bertz CT molecular complexity index is 485. The fourth-order valence-electron chi connectivity index (χ4n) is 1.41. The van der Waals surface area contributed by atoms with Gasteiger partial charge < -0.3 is 0 Å². The first kappa shape index (κ1) is 10.5. The Labute approximate surface area is 92.1 Å². The third-order valence-electron chi connectivity index (χ3n) is 2.15. The lowest BCUT2D eigenvalue weighted by molar-refractivity contribution is 0.429. The van der Waals surface area contributed by atoms with Gasteiger partial charge in [0.05, 0.1) is 5.69 Å². The number of rotatable bonds is 2. The molecule has 0 aliphatic rings. The maximum Gasteiger partial charge on any atom is 0.270 e. The van der Waals surface area contributed by atoms with Gasteiger partial charge in [0.1, 0.15) is 0 Å². The summed E-state index contributed by atoms with van der Waals surface area (Å²) >= 11 is 0. The SMILES string of the molecule is FC(F)=Cc1ccc(-c2ccccn2)cc1. The summed E-state index contributed by atoms with van der Waals surface area (Å²) in [6.07, 6.45) is 0.845. The van der Waals surface area contributed by atoms with Crippen LogP contribution in [-0.2, 0) is 0 Å². The van der Waals surface area contributed by atoms with E-state index in [2.05, 4.69) is 4.98 Å². The average molecular weight is 217 g/mol. The van der Waals surface area contributed by atoms with Gasteiger partial charge >= 0.3 is 0 Å². The Morgan fingerprint density at radius 2 is 1.75 bits per heavy atom. The predicted octanol–water partition coefficient (Wildman–Crippen LogP) is 3.99. The van der Waals surface area contributed by atoms with Crippen molar-refractivity contribution in [2.75, 3.05) is 0 Å². The van der Waals surface area contributed by atoms with Crippen LogP contribution < -0.4 is 0 Å². The summed E-state index contributed by atoms with van der Waals surface area (Å²) in [4.78, 5) is 4.18. The molecule has 0 radical (unpaired) electrons. The highest BCUT2D eigenvalue weighted by Crippen LogP contribution is 2.18. The van der Waals surface area contributed by atoms with E-state index in [0.717, 1.165) is 17.3 Å². The van der Waals surface area contributed by atoms with Crippen molar-refractivity contribution in [3.8, 4) is 11.3 Å². The van der Waals surface area contributed by atoms with Gasteiger partial charge in [0.2, 0.25) is 0 Å². The summed E-state index contributed by atoms with van der Waals surface area (Å²) in [5, 5.41) is 0. The normalized spacial score (nSPS) is 9.88. The third kappa shape index (κ3) is 2.51. The van der Waals surface area contributed by atoms with E-state index in [9.17, 15) is 8.78 Å². The van der Waals surface area contributed by atoms with Gasteiger partial charge in [-0.1, -0.05) is 30.3 Å². The van der Waals surface area contributed by atoms with Crippen molar-refractivity contribution in [3.63, 3.8) is 0 Å². The molecule has 0 amide bonds. The van der Waals surface area contributed by atoms with Crippen molar-refractivity contribution >= 4 is 6.08 Å². The van der Waals surface area contributed by atoms with Crippen molar-refractivity contribution in [3.05, 3.63) is 60.3 Å². The monoisotopic (exact) mass is 217 g/mol. The number of halogens is 2. The molecule has 0 spiro atoms. The van der Waals surface area contributed by atoms with Crippen LogP contribution in [0.1, 0.15) is 5.56 Å². The molecule has 0 fully saturated rings. The van der Waals surface area contributed by atoms with Crippen LogP contribution in [-0.4, -0.2) is 4.98 Å². The smallest absolute Gasteiger partial charge is 0.256 e. The lowest BCUT2D eigenvalue weighted by atomic mass is 10.1. The lowest BCUT2D eigenvalue weighted by Gasteiger charge is -2.00. The van der Waals surface area contributed by atoms with Crippen LogP contribution in [0.2, 0.25) is 0 Å². The Kier molecular flexibility index (Phi) is 3.05. The van der Waals surface area contributed by atoms with Crippen molar-refractivity contribution < 1.29 is 8.78 Å². The van der Waals surface area contributed by atoms with Crippen molar-refractivity contribution in [2.24, 2.45) is 0 Å². The molecule has 0 bridgehead atoms. The predicted molar refractivity (Wildman–Crippen MR) is 59.9 cm³/mol. The zero-order valence-electron chi connectivity index (χ0n) is 8.40. The van der Waals surface area contributed by atoms with E-state index in [1.165, 1.54) is 0 Å². The van der Waals surface area contributed by atoms with Crippen LogP contribution >= 0.6 is 0 Å². The van der Waals surface area contributed by atoms with E-state index < -0.39 is 6.08 Å². The quantitative estimate of drug-likeness (QED) is 0.741.